The molecule has 1 amide bonds. The van der Waals surface area contributed by atoms with Crippen LogP contribution in [0.3, 0.4) is 0 Å². The van der Waals surface area contributed by atoms with Gasteiger partial charge in [-0.15, -0.1) is 0 Å². The second kappa shape index (κ2) is 9.40. The van der Waals surface area contributed by atoms with Gasteiger partial charge in [0.15, 0.2) is 0 Å². The van der Waals surface area contributed by atoms with Crippen molar-refractivity contribution in [2.45, 2.75) is 25.0 Å². The number of nitrogens with zero attached hydrogens (tertiary/aromatic N) is 1. The van der Waals surface area contributed by atoms with Crippen LogP contribution in [0.5, 0.6) is 0 Å². The van der Waals surface area contributed by atoms with Crippen LogP contribution in [0.25, 0.3) is 11.1 Å². The Labute approximate surface area is 190 Å². The molecule has 3 aromatic rings. The van der Waals surface area contributed by atoms with Gasteiger partial charge in [0.2, 0.25) is 0 Å². The van der Waals surface area contributed by atoms with Crippen molar-refractivity contribution in [3.63, 3.8) is 0 Å². The Bertz CT molecular complexity index is 1150. The van der Waals surface area contributed by atoms with Gasteiger partial charge >= 0.3 is 6.09 Å². The number of nitro groups is 1. The van der Waals surface area contributed by atoms with E-state index in [1.807, 2.05) is 48.5 Å². The van der Waals surface area contributed by atoms with Gasteiger partial charge in [0.1, 0.15) is 18.8 Å². The van der Waals surface area contributed by atoms with E-state index in [1.165, 1.54) is 18.2 Å². The summed E-state index contributed by atoms with van der Waals surface area (Å²) in [6.45, 7) is 1.44. The molecule has 1 aliphatic rings. The summed E-state index contributed by atoms with van der Waals surface area (Å²) < 4.78 is 5.41. The molecular weight excluding hydrogens is 424 g/mol. The molecule has 2 unspecified atom stereocenters. The zero-order chi connectivity index (χ0) is 23.5. The minimum absolute atomic E-state index is 0.0910. The largest absolute Gasteiger partial charge is 0.449 e. The van der Waals surface area contributed by atoms with Gasteiger partial charge in [-0.25, -0.2) is 4.79 Å². The van der Waals surface area contributed by atoms with E-state index >= 15 is 0 Å². The van der Waals surface area contributed by atoms with Crippen molar-refractivity contribution >= 4 is 11.8 Å². The molecule has 0 heterocycles. The zero-order valence-electron chi connectivity index (χ0n) is 18.0. The van der Waals surface area contributed by atoms with Gasteiger partial charge in [0, 0.05) is 24.1 Å². The van der Waals surface area contributed by atoms with Crippen LogP contribution in [0.4, 0.5) is 10.5 Å². The Morgan fingerprint density at radius 1 is 1.06 bits per heavy atom. The van der Waals surface area contributed by atoms with Gasteiger partial charge in [-0.1, -0.05) is 60.7 Å². The minimum atomic E-state index is -1.40. The number of ether oxygens (including phenoxy) is 1. The molecule has 3 N–H and O–H groups in total. The van der Waals surface area contributed by atoms with E-state index in [2.05, 4.69) is 5.32 Å². The molecule has 3 aromatic carbocycles. The lowest BCUT2D eigenvalue weighted by Crippen LogP contribution is -2.36. The maximum atomic E-state index is 12.3. The number of nitrogens with one attached hydrogen (secondary N) is 1. The standard InChI is InChI=1S/C25H24N2O6/c1-15-10-11-16(12-22(15)27(31)32)24(29)23(28)13-26-25(30)33-14-21-19-8-4-2-6-17(19)18-7-3-5-9-20(18)21/h2-12,21,23-24,28-29H,13-14H2,1H3,(H,26,30). The predicted molar refractivity (Wildman–Crippen MR) is 122 cm³/mol. The second-order valence-corrected chi connectivity index (χ2v) is 8.02. The number of fused-ring (bicyclic) bond motifs is 3. The van der Waals surface area contributed by atoms with Gasteiger partial charge in [0.05, 0.1) is 4.92 Å². The maximum absolute atomic E-state index is 12.3. The van der Waals surface area contributed by atoms with E-state index in [-0.39, 0.29) is 30.3 Å². The number of aryl methyl sites for hydroxylation is 1. The van der Waals surface area contributed by atoms with Crippen LogP contribution in [0.2, 0.25) is 0 Å². The number of aliphatic hydroxyl groups is 2. The molecule has 0 bridgehead atoms. The molecule has 0 spiro atoms. The normalized spacial score (nSPS) is 14.2. The van der Waals surface area contributed by atoms with Crippen LogP contribution in [0.1, 0.15) is 34.3 Å². The average molecular weight is 448 g/mol. The van der Waals surface area contributed by atoms with Gasteiger partial charge in [-0.3, -0.25) is 10.1 Å². The van der Waals surface area contributed by atoms with Crippen LogP contribution >= 0.6 is 0 Å². The van der Waals surface area contributed by atoms with Crippen molar-refractivity contribution < 1.29 is 24.7 Å². The molecule has 8 heteroatoms. The third kappa shape index (κ3) is 4.57. The van der Waals surface area contributed by atoms with E-state index in [9.17, 15) is 25.1 Å². The number of hydrogen-bond donors (Lipinski definition) is 3. The SMILES string of the molecule is Cc1ccc(C(O)C(O)CNC(=O)OCC2c3ccccc3-c3ccccc32)cc1[N+](=O)[O-]. The monoisotopic (exact) mass is 448 g/mol. The van der Waals surface area contributed by atoms with Gasteiger partial charge in [-0.2, -0.15) is 0 Å². The fourth-order valence-electron chi connectivity index (χ4n) is 4.18. The van der Waals surface area contributed by atoms with Gasteiger partial charge in [-0.05, 0) is 34.7 Å². The number of carbonyl (C=O) groups is 1. The Morgan fingerprint density at radius 2 is 1.67 bits per heavy atom. The first-order valence-corrected chi connectivity index (χ1v) is 10.6. The van der Waals surface area contributed by atoms with E-state index in [1.54, 1.807) is 6.92 Å². The summed E-state index contributed by atoms with van der Waals surface area (Å²) in [7, 11) is 0. The Morgan fingerprint density at radius 3 is 2.27 bits per heavy atom. The molecule has 0 fully saturated rings. The predicted octanol–water partition coefficient (Wildman–Crippen LogP) is 3.84. The lowest BCUT2D eigenvalue weighted by Gasteiger charge is -2.19. The van der Waals surface area contributed by atoms with E-state index < -0.39 is 23.2 Å². The third-order valence-corrected chi connectivity index (χ3v) is 5.94. The molecule has 0 aromatic heterocycles. The summed E-state index contributed by atoms with van der Waals surface area (Å²) in [5.74, 6) is -0.0910. The Kier molecular flexibility index (Phi) is 6.39. The van der Waals surface area contributed by atoms with E-state index in [4.69, 9.17) is 4.74 Å². The molecule has 4 rings (SSSR count). The van der Waals surface area contributed by atoms with E-state index in [0.29, 0.717) is 5.56 Å². The highest BCUT2D eigenvalue weighted by Gasteiger charge is 2.29. The number of alkyl carbamates (subject to hydrolysis) is 1. The molecule has 0 radical (unpaired) electrons. The smallest absolute Gasteiger partial charge is 0.407 e. The fraction of sp³-hybridized carbons (Fsp3) is 0.240. The highest BCUT2D eigenvalue weighted by molar-refractivity contribution is 5.79. The number of carbonyl (C=O) groups excluding carboxylic acids is 1. The number of benzene rings is 3. The first-order valence-electron chi connectivity index (χ1n) is 10.6. The van der Waals surface area contributed by atoms with Crippen LogP contribution in [0, 0.1) is 17.0 Å². The molecule has 8 nitrogen and oxygen atoms in total. The molecule has 2 atom stereocenters. The lowest BCUT2D eigenvalue weighted by molar-refractivity contribution is -0.385. The van der Waals surface area contributed by atoms with Crippen molar-refractivity contribution in [2.75, 3.05) is 13.2 Å². The third-order valence-electron chi connectivity index (χ3n) is 5.94. The number of amides is 1. The van der Waals surface area contributed by atoms with Crippen molar-refractivity contribution in [2.24, 2.45) is 0 Å². The van der Waals surface area contributed by atoms with Crippen LogP contribution in [0.15, 0.2) is 66.7 Å². The maximum Gasteiger partial charge on any atom is 0.407 e. The molecule has 1 aliphatic carbocycles. The molecular formula is C25H24N2O6. The van der Waals surface area contributed by atoms with Crippen LogP contribution in [-0.4, -0.2) is 40.5 Å². The highest BCUT2D eigenvalue weighted by atomic mass is 16.6. The first-order chi connectivity index (χ1) is 15.9. The molecule has 33 heavy (non-hydrogen) atoms. The summed E-state index contributed by atoms with van der Waals surface area (Å²) in [6.07, 6.45) is -3.50. The van der Waals surface area contributed by atoms with Crippen molar-refractivity contribution in [3.8, 4) is 11.1 Å². The molecule has 170 valence electrons. The summed E-state index contributed by atoms with van der Waals surface area (Å²) in [5.41, 5.74) is 4.89. The zero-order valence-corrected chi connectivity index (χ0v) is 18.0. The molecule has 0 saturated carbocycles. The lowest BCUT2D eigenvalue weighted by atomic mass is 9.98. The fourth-order valence-corrected chi connectivity index (χ4v) is 4.18. The van der Waals surface area contributed by atoms with Gasteiger partial charge in [0.25, 0.3) is 5.69 Å². The van der Waals surface area contributed by atoms with E-state index in [0.717, 1.165) is 22.3 Å². The molecule has 0 aliphatic heterocycles. The summed E-state index contributed by atoms with van der Waals surface area (Å²) in [4.78, 5) is 22.8. The van der Waals surface area contributed by atoms with Crippen molar-refractivity contribution in [1.29, 1.82) is 0 Å². The van der Waals surface area contributed by atoms with Crippen molar-refractivity contribution in [3.05, 3.63) is 99.1 Å². The molecule has 0 saturated heterocycles. The summed E-state index contributed by atoms with van der Waals surface area (Å²) in [6, 6.07) is 20.2. The first kappa shape index (κ1) is 22.4. The highest BCUT2D eigenvalue weighted by Crippen LogP contribution is 2.44. The number of hydrogen-bond acceptors (Lipinski definition) is 6. The number of nitro benzene ring substituents is 1. The number of rotatable bonds is 7. The quantitative estimate of drug-likeness (QED) is 0.373. The van der Waals surface area contributed by atoms with Crippen LogP contribution in [-0.2, 0) is 4.74 Å². The Hall–Kier alpha value is -3.75. The second-order valence-electron chi connectivity index (χ2n) is 8.02. The topological polar surface area (TPSA) is 122 Å². The average Bonchev–Trinajstić information content (AvgIpc) is 3.14. The number of aliphatic hydroxyl groups excluding tert-OH is 2. The summed E-state index contributed by atoms with van der Waals surface area (Å²) in [5, 5.41) is 34.2. The van der Waals surface area contributed by atoms with Gasteiger partial charge < -0.3 is 20.3 Å². The minimum Gasteiger partial charge on any atom is -0.449 e. The van der Waals surface area contributed by atoms with Crippen LogP contribution < -0.4 is 5.32 Å². The van der Waals surface area contributed by atoms with Crippen molar-refractivity contribution in [1.82, 2.24) is 5.32 Å². The Balaban J connectivity index is 1.35. The summed E-state index contributed by atoms with van der Waals surface area (Å²) >= 11 is 0.